The molecular weight excluding hydrogens is 396 g/mol. The highest BCUT2D eigenvalue weighted by molar-refractivity contribution is 5.86. The lowest BCUT2D eigenvalue weighted by Gasteiger charge is -2.29. The number of allylic oxidation sites excluding steroid dienone is 5. The van der Waals surface area contributed by atoms with Gasteiger partial charge >= 0.3 is 0 Å². The topological polar surface area (TPSA) is 0 Å². The first-order valence-electron chi connectivity index (χ1n) is 12.0. The van der Waals surface area contributed by atoms with E-state index < -0.39 is 0 Å². The first kappa shape index (κ1) is 21.7. The van der Waals surface area contributed by atoms with Crippen molar-refractivity contribution in [2.75, 3.05) is 0 Å². The number of hydrogen-bond donors (Lipinski definition) is 0. The zero-order valence-electron chi connectivity index (χ0n) is 20.8. The average Bonchev–Trinajstić information content (AvgIpc) is 3.05. The monoisotopic (exact) mass is 430 g/mol. The summed E-state index contributed by atoms with van der Waals surface area (Å²) < 4.78 is 0. The molecule has 0 radical (unpaired) electrons. The van der Waals surface area contributed by atoms with E-state index in [1.54, 1.807) is 0 Å². The maximum atomic E-state index is 4.44. The standard InChI is InChI=1S/C33H34/c1-21-16-17-22(2)32(4,5)29-14-10-8-12-24(29)20-28(21)25-18-19-27-26-13-9-11-15-30(26)33(6,7)31(27)23(25)3/h8-19H,2,20H2,1,3-7H3/b17-16-,28-21+. The minimum Gasteiger partial charge on any atom is -0.0949 e. The molecule has 166 valence electrons. The minimum absolute atomic E-state index is 0.00299. The molecule has 0 heteroatoms. The van der Waals surface area contributed by atoms with Gasteiger partial charge in [0.1, 0.15) is 0 Å². The largest absolute Gasteiger partial charge is 0.0949 e. The summed E-state index contributed by atoms with van der Waals surface area (Å²) in [5.74, 6) is 0. The van der Waals surface area contributed by atoms with Crippen molar-refractivity contribution in [2.24, 2.45) is 0 Å². The Kier molecular flexibility index (Phi) is 4.90. The third-order valence-electron chi connectivity index (χ3n) is 8.18. The van der Waals surface area contributed by atoms with Gasteiger partial charge in [-0.1, -0.05) is 107 Å². The molecule has 0 N–H and O–H groups in total. The summed E-state index contributed by atoms with van der Waals surface area (Å²) in [7, 11) is 0. The summed E-state index contributed by atoms with van der Waals surface area (Å²) in [4.78, 5) is 0. The first-order chi connectivity index (χ1) is 15.6. The number of rotatable bonds is 1. The second-order valence-electron chi connectivity index (χ2n) is 10.8. The third kappa shape index (κ3) is 3.19. The zero-order chi connectivity index (χ0) is 23.5. The van der Waals surface area contributed by atoms with Gasteiger partial charge < -0.3 is 0 Å². The molecule has 0 fully saturated rings. The molecule has 0 nitrogen and oxygen atoms in total. The van der Waals surface area contributed by atoms with E-state index >= 15 is 0 Å². The number of benzene rings is 3. The number of hydrogen-bond acceptors (Lipinski definition) is 0. The van der Waals surface area contributed by atoms with Crippen LogP contribution in [0.4, 0.5) is 0 Å². The Labute approximate surface area is 199 Å². The van der Waals surface area contributed by atoms with E-state index in [9.17, 15) is 0 Å². The van der Waals surface area contributed by atoms with Crippen molar-refractivity contribution in [1.82, 2.24) is 0 Å². The van der Waals surface area contributed by atoms with Crippen LogP contribution in [0.2, 0.25) is 0 Å². The van der Waals surface area contributed by atoms with Crippen LogP contribution in [0.5, 0.6) is 0 Å². The quantitative estimate of drug-likeness (QED) is 0.362. The molecule has 0 unspecified atom stereocenters. The second kappa shape index (κ2) is 7.45. The molecule has 33 heavy (non-hydrogen) atoms. The lowest BCUT2D eigenvalue weighted by molar-refractivity contribution is 0.635. The second-order valence-corrected chi connectivity index (χ2v) is 10.8. The van der Waals surface area contributed by atoms with Crippen LogP contribution >= 0.6 is 0 Å². The van der Waals surface area contributed by atoms with E-state index in [4.69, 9.17) is 0 Å². The summed E-state index contributed by atoms with van der Waals surface area (Å²) >= 11 is 0. The minimum atomic E-state index is -0.0978. The maximum absolute atomic E-state index is 4.44. The van der Waals surface area contributed by atoms with Crippen molar-refractivity contribution in [3.63, 3.8) is 0 Å². The fourth-order valence-corrected chi connectivity index (χ4v) is 6.10. The Balaban J connectivity index is 1.73. The van der Waals surface area contributed by atoms with Gasteiger partial charge in [-0.25, -0.2) is 0 Å². The highest BCUT2D eigenvalue weighted by Crippen LogP contribution is 2.51. The highest BCUT2D eigenvalue weighted by atomic mass is 14.4. The molecule has 5 rings (SSSR count). The molecular formula is C33H34. The van der Waals surface area contributed by atoms with E-state index in [2.05, 4.69) is 121 Å². The van der Waals surface area contributed by atoms with Crippen LogP contribution in [0.3, 0.4) is 0 Å². The van der Waals surface area contributed by atoms with E-state index in [0.29, 0.717) is 0 Å². The van der Waals surface area contributed by atoms with Gasteiger partial charge in [-0.15, -0.1) is 0 Å². The lowest BCUT2D eigenvalue weighted by Crippen LogP contribution is -2.20. The number of fused-ring (bicyclic) bond motifs is 4. The Morgan fingerprint density at radius 3 is 2.06 bits per heavy atom. The fourth-order valence-electron chi connectivity index (χ4n) is 6.10. The molecule has 0 bridgehead atoms. The zero-order valence-corrected chi connectivity index (χ0v) is 20.8. The summed E-state index contributed by atoms with van der Waals surface area (Å²) in [5, 5.41) is 0. The third-order valence-corrected chi connectivity index (χ3v) is 8.18. The van der Waals surface area contributed by atoms with Crippen LogP contribution in [-0.4, -0.2) is 0 Å². The predicted molar refractivity (Wildman–Crippen MR) is 143 cm³/mol. The molecule has 0 amide bonds. The van der Waals surface area contributed by atoms with E-state index in [1.165, 1.54) is 55.7 Å². The van der Waals surface area contributed by atoms with Crippen molar-refractivity contribution in [3.05, 3.63) is 124 Å². The molecule has 2 aliphatic carbocycles. The van der Waals surface area contributed by atoms with Gasteiger partial charge in [0.15, 0.2) is 0 Å². The average molecular weight is 431 g/mol. The van der Waals surface area contributed by atoms with E-state index in [-0.39, 0.29) is 10.8 Å². The molecule has 0 saturated heterocycles. The normalized spacial score (nSPS) is 21.3. The van der Waals surface area contributed by atoms with Crippen LogP contribution in [0, 0.1) is 6.92 Å². The Hall–Kier alpha value is -3.12. The lowest BCUT2D eigenvalue weighted by atomic mass is 9.75. The smallest absolute Gasteiger partial charge is 0.0161 e. The summed E-state index contributed by atoms with van der Waals surface area (Å²) in [6, 6.07) is 22.5. The molecule has 0 aliphatic heterocycles. The molecule has 2 aliphatic rings. The Bertz CT molecular complexity index is 1350. The van der Waals surface area contributed by atoms with Crippen LogP contribution in [0.25, 0.3) is 16.7 Å². The van der Waals surface area contributed by atoms with Crippen LogP contribution < -0.4 is 0 Å². The molecule has 0 atom stereocenters. The molecule has 0 heterocycles. The molecule has 0 aromatic heterocycles. The summed E-state index contributed by atoms with van der Waals surface area (Å²) in [6.45, 7) is 18.4. The summed E-state index contributed by atoms with van der Waals surface area (Å²) in [5.41, 5.74) is 15.0. The van der Waals surface area contributed by atoms with Crippen LogP contribution in [0.1, 0.15) is 68.0 Å². The van der Waals surface area contributed by atoms with Gasteiger partial charge in [-0.3, -0.25) is 0 Å². The van der Waals surface area contributed by atoms with Gasteiger partial charge in [0.05, 0.1) is 0 Å². The first-order valence-corrected chi connectivity index (χ1v) is 12.0. The maximum Gasteiger partial charge on any atom is 0.0161 e. The van der Waals surface area contributed by atoms with Gasteiger partial charge in [-0.2, -0.15) is 0 Å². The van der Waals surface area contributed by atoms with Crippen LogP contribution in [0.15, 0.2) is 90.5 Å². The SMILES string of the molecule is C=C1/C=C\C(C)=C(\c2ccc3c(c2C)C(C)(C)c2ccccc2-3)Cc2ccccc2C1(C)C. The van der Waals surface area contributed by atoms with Crippen molar-refractivity contribution in [3.8, 4) is 11.1 Å². The molecule has 3 aromatic carbocycles. The van der Waals surface area contributed by atoms with Gasteiger partial charge in [-0.05, 0) is 81.5 Å². The predicted octanol–water partition coefficient (Wildman–Crippen LogP) is 8.72. The fraction of sp³-hybridized carbons (Fsp3) is 0.273. The summed E-state index contributed by atoms with van der Waals surface area (Å²) in [6.07, 6.45) is 5.42. The van der Waals surface area contributed by atoms with E-state index in [1.807, 2.05) is 0 Å². The van der Waals surface area contributed by atoms with Gasteiger partial charge in [0, 0.05) is 10.8 Å². The molecule has 3 aromatic rings. The Morgan fingerprint density at radius 2 is 1.30 bits per heavy atom. The molecule has 0 saturated carbocycles. The highest BCUT2D eigenvalue weighted by Gasteiger charge is 2.37. The molecule has 0 spiro atoms. The van der Waals surface area contributed by atoms with Crippen LogP contribution in [-0.2, 0) is 17.3 Å². The Morgan fingerprint density at radius 1 is 0.667 bits per heavy atom. The van der Waals surface area contributed by atoms with E-state index in [0.717, 1.165) is 12.0 Å². The van der Waals surface area contributed by atoms with Gasteiger partial charge in [0.25, 0.3) is 0 Å². The van der Waals surface area contributed by atoms with Gasteiger partial charge in [0.2, 0.25) is 0 Å². The van der Waals surface area contributed by atoms with Crippen molar-refractivity contribution in [1.29, 1.82) is 0 Å². The van der Waals surface area contributed by atoms with Crippen molar-refractivity contribution < 1.29 is 0 Å². The van der Waals surface area contributed by atoms with Crippen molar-refractivity contribution >= 4 is 5.57 Å². The van der Waals surface area contributed by atoms with Crippen molar-refractivity contribution in [2.45, 2.75) is 58.8 Å².